The molecule has 0 spiro atoms. The van der Waals surface area contributed by atoms with Crippen LogP contribution in [-0.4, -0.2) is 0 Å². The van der Waals surface area contributed by atoms with E-state index in [-0.39, 0.29) is 10.9 Å². The minimum Gasteiger partial charge on any atom is -0.206 e. The van der Waals surface area contributed by atoms with Crippen LogP contribution in [0.3, 0.4) is 0 Å². The molecule has 3 aromatic rings. The zero-order valence-corrected chi connectivity index (χ0v) is 15.7. The van der Waals surface area contributed by atoms with Gasteiger partial charge in [-0.25, -0.2) is 13.2 Å². The third-order valence-electron chi connectivity index (χ3n) is 4.82. The first-order valence-corrected chi connectivity index (χ1v) is 9.36. The molecule has 27 heavy (non-hydrogen) atoms. The smallest absolute Gasteiger partial charge is 0.170 e. The molecule has 0 bridgehead atoms. The topological polar surface area (TPSA) is 0 Å². The van der Waals surface area contributed by atoms with Crippen molar-refractivity contribution in [2.24, 2.45) is 0 Å². The van der Waals surface area contributed by atoms with Gasteiger partial charge in [0.25, 0.3) is 0 Å². The molecule has 0 heterocycles. The Morgan fingerprint density at radius 3 is 2.26 bits per heavy atom. The van der Waals surface area contributed by atoms with E-state index in [1.165, 1.54) is 6.07 Å². The fourth-order valence-corrected chi connectivity index (χ4v) is 3.36. The van der Waals surface area contributed by atoms with Crippen LogP contribution in [0.5, 0.6) is 0 Å². The second-order valence-corrected chi connectivity index (χ2v) is 6.74. The lowest BCUT2D eigenvalue weighted by Gasteiger charge is -2.11. The maximum Gasteiger partial charge on any atom is 0.170 e. The molecule has 0 aliphatic carbocycles. The number of hydrogen-bond acceptors (Lipinski definition) is 0. The summed E-state index contributed by atoms with van der Waals surface area (Å²) in [5.74, 6) is -2.77. The second kappa shape index (κ2) is 8.43. The highest BCUT2D eigenvalue weighted by atomic mass is 19.2. The van der Waals surface area contributed by atoms with Crippen LogP contribution >= 0.6 is 0 Å². The fourth-order valence-electron chi connectivity index (χ4n) is 3.36. The molecule has 0 aliphatic rings. The molecule has 0 atom stereocenters. The van der Waals surface area contributed by atoms with Crippen molar-refractivity contribution in [1.29, 1.82) is 0 Å². The average Bonchev–Trinajstić information content (AvgIpc) is 2.67. The first-order valence-electron chi connectivity index (χ1n) is 9.36. The van der Waals surface area contributed by atoms with Gasteiger partial charge < -0.3 is 0 Å². The Hall–Kier alpha value is -2.55. The van der Waals surface area contributed by atoms with E-state index in [4.69, 9.17) is 0 Å². The van der Waals surface area contributed by atoms with Crippen LogP contribution in [0.2, 0.25) is 0 Å². The largest absolute Gasteiger partial charge is 0.206 e. The number of aryl methyl sites for hydroxylation is 2. The van der Waals surface area contributed by atoms with Gasteiger partial charge in [-0.3, -0.25) is 0 Å². The van der Waals surface area contributed by atoms with Crippen LogP contribution < -0.4 is 0 Å². The molecule has 0 unspecified atom stereocenters. The van der Waals surface area contributed by atoms with Crippen molar-refractivity contribution in [3.05, 3.63) is 83.2 Å². The van der Waals surface area contributed by atoms with Crippen LogP contribution in [-0.2, 0) is 12.8 Å². The molecule has 0 nitrogen and oxygen atoms in total. The van der Waals surface area contributed by atoms with Crippen molar-refractivity contribution in [2.75, 3.05) is 0 Å². The Morgan fingerprint density at radius 2 is 1.59 bits per heavy atom. The van der Waals surface area contributed by atoms with Crippen LogP contribution in [0, 0.1) is 17.5 Å². The molecule has 0 fully saturated rings. The highest BCUT2D eigenvalue weighted by molar-refractivity contribution is 5.89. The van der Waals surface area contributed by atoms with Crippen molar-refractivity contribution in [2.45, 2.75) is 39.5 Å². The SMILES string of the molecule is C/C=C/CCc1ccc(-c2cc3ccc(CCC)c(F)c3c(F)c2F)cc1. The van der Waals surface area contributed by atoms with Gasteiger partial charge in [-0.2, -0.15) is 0 Å². The van der Waals surface area contributed by atoms with Crippen LogP contribution in [0.1, 0.15) is 37.8 Å². The molecule has 3 aromatic carbocycles. The fraction of sp³-hybridized carbons (Fsp3) is 0.250. The van der Waals surface area contributed by atoms with E-state index >= 15 is 0 Å². The third kappa shape index (κ3) is 3.92. The molecule has 0 amide bonds. The number of allylic oxidation sites excluding steroid dienone is 2. The zero-order chi connectivity index (χ0) is 19.4. The van der Waals surface area contributed by atoms with Gasteiger partial charge in [-0.15, -0.1) is 0 Å². The standard InChI is InChI=1S/C24H23F3/c1-3-5-6-8-16-9-11-17(12-10-16)20-15-19-14-13-18(7-4-2)22(25)21(19)24(27)23(20)26/h3,5,9-15H,4,6-8H2,1-2H3/b5-3+. The maximum atomic E-state index is 14.7. The van der Waals surface area contributed by atoms with E-state index in [1.807, 2.05) is 32.1 Å². The highest BCUT2D eigenvalue weighted by Gasteiger charge is 2.19. The number of fused-ring (bicyclic) bond motifs is 1. The molecule has 3 rings (SSSR count). The van der Waals surface area contributed by atoms with Gasteiger partial charge in [-0.05, 0) is 54.3 Å². The first kappa shape index (κ1) is 19.2. The monoisotopic (exact) mass is 368 g/mol. The molecular weight excluding hydrogens is 345 g/mol. The number of benzene rings is 3. The second-order valence-electron chi connectivity index (χ2n) is 6.74. The summed E-state index contributed by atoms with van der Waals surface area (Å²) in [6.07, 6.45) is 7.17. The van der Waals surface area contributed by atoms with Gasteiger partial charge in [0.05, 0.1) is 5.39 Å². The number of rotatable bonds is 6. The average molecular weight is 368 g/mol. The predicted octanol–water partition coefficient (Wildman–Crippen LogP) is 7.39. The van der Waals surface area contributed by atoms with Gasteiger partial charge in [0.1, 0.15) is 5.82 Å². The first-order chi connectivity index (χ1) is 13.1. The summed E-state index contributed by atoms with van der Waals surface area (Å²) in [5, 5.41) is 0.114. The van der Waals surface area contributed by atoms with Gasteiger partial charge in [-0.1, -0.05) is 61.9 Å². The summed E-state index contributed by atoms with van der Waals surface area (Å²) in [6.45, 7) is 3.90. The minimum atomic E-state index is -1.12. The molecule has 0 aromatic heterocycles. The highest BCUT2D eigenvalue weighted by Crippen LogP contribution is 2.33. The molecular formula is C24H23F3. The summed E-state index contributed by atoms with van der Waals surface area (Å²) in [5.41, 5.74) is 2.29. The van der Waals surface area contributed by atoms with Gasteiger partial charge in [0.2, 0.25) is 0 Å². The molecule has 3 heteroatoms. The number of halogens is 3. The Morgan fingerprint density at radius 1 is 0.852 bits per heavy atom. The van der Waals surface area contributed by atoms with Crippen molar-refractivity contribution in [3.8, 4) is 11.1 Å². The Kier molecular flexibility index (Phi) is 6.00. The van der Waals surface area contributed by atoms with Crippen molar-refractivity contribution >= 4 is 10.8 Å². The van der Waals surface area contributed by atoms with E-state index < -0.39 is 17.5 Å². The Balaban J connectivity index is 2.02. The summed E-state index contributed by atoms with van der Waals surface area (Å²) in [7, 11) is 0. The summed E-state index contributed by atoms with van der Waals surface area (Å²) < 4.78 is 44.0. The predicted molar refractivity (Wildman–Crippen MR) is 106 cm³/mol. The molecule has 0 saturated carbocycles. The normalized spacial score (nSPS) is 11.6. The van der Waals surface area contributed by atoms with Crippen LogP contribution in [0.4, 0.5) is 13.2 Å². The van der Waals surface area contributed by atoms with E-state index in [0.29, 0.717) is 22.9 Å². The molecule has 140 valence electrons. The summed E-state index contributed by atoms with van der Waals surface area (Å²) in [6, 6.07) is 12.3. The van der Waals surface area contributed by atoms with Gasteiger partial charge >= 0.3 is 0 Å². The van der Waals surface area contributed by atoms with Crippen LogP contribution in [0.25, 0.3) is 21.9 Å². The van der Waals surface area contributed by atoms with Crippen molar-refractivity contribution in [1.82, 2.24) is 0 Å². The third-order valence-corrected chi connectivity index (χ3v) is 4.82. The molecule has 0 radical (unpaired) electrons. The zero-order valence-electron chi connectivity index (χ0n) is 15.7. The van der Waals surface area contributed by atoms with Crippen molar-refractivity contribution in [3.63, 3.8) is 0 Å². The maximum absolute atomic E-state index is 14.7. The number of hydrogen-bond donors (Lipinski definition) is 0. The summed E-state index contributed by atoms with van der Waals surface area (Å²) in [4.78, 5) is 0. The summed E-state index contributed by atoms with van der Waals surface area (Å²) >= 11 is 0. The Bertz CT molecular complexity index is 969. The lowest BCUT2D eigenvalue weighted by Crippen LogP contribution is -1.98. The molecule has 0 saturated heterocycles. The van der Waals surface area contributed by atoms with E-state index in [0.717, 1.165) is 24.8 Å². The van der Waals surface area contributed by atoms with Crippen molar-refractivity contribution < 1.29 is 13.2 Å². The molecule has 0 aliphatic heterocycles. The Labute approximate surface area is 158 Å². The quantitative estimate of drug-likeness (QED) is 0.398. The van der Waals surface area contributed by atoms with E-state index in [1.54, 1.807) is 24.3 Å². The molecule has 0 N–H and O–H groups in total. The van der Waals surface area contributed by atoms with Crippen LogP contribution in [0.15, 0.2) is 54.6 Å². The van der Waals surface area contributed by atoms with E-state index in [9.17, 15) is 13.2 Å². The van der Waals surface area contributed by atoms with Gasteiger partial charge in [0, 0.05) is 5.56 Å². The lowest BCUT2D eigenvalue weighted by molar-refractivity contribution is 0.513. The lowest BCUT2D eigenvalue weighted by atomic mass is 9.96. The van der Waals surface area contributed by atoms with E-state index in [2.05, 4.69) is 6.08 Å². The van der Waals surface area contributed by atoms with Gasteiger partial charge in [0.15, 0.2) is 11.6 Å². The minimum absolute atomic E-state index is 0.155.